The third-order valence-electron chi connectivity index (χ3n) is 5.40. The fourth-order valence-corrected chi connectivity index (χ4v) is 3.83. The summed E-state index contributed by atoms with van der Waals surface area (Å²) in [6, 6.07) is 23.0. The Balaban J connectivity index is 1.53. The van der Waals surface area contributed by atoms with Crippen molar-refractivity contribution in [1.82, 2.24) is 0 Å². The van der Waals surface area contributed by atoms with Gasteiger partial charge in [0.2, 0.25) is 0 Å². The summed E-state index contributed by atoms with van der Waals surface area (Å²) in [5, 5.41) is 2.48. The van der Waals surface area contributed by atoms with Crippen LogP contribution in [-0.4, -0.2) is 19.8 Å². The number of hydrogen-bond donors (Lipinski definition) is 0. The minimum absolute atomic E-state index is 0.0308. The van der Waals surface area contributed by atoms with E-state index >= 15 is 0 Å². The summed E-state index contributed by atoms with van der Waals surface area (Å²) in [6.45, 7) is 3.33. The Labute approximate surface area is 154 Å². The quantitative estimate of drug-likeness (QED) is 0.644. The van der Waals surface area contributed by atoms with E-state index in [0.717, 1.165) is 29.9 Å². The van der Waals surface area contributed by atoms with Crippen molar-refractivity contribution in [2.45, 2.75) is 31.7 Å². The molecule has 0 saturated carbocycles. The molecule has 0 bridgehead atoms. The molecule has 134 valence electrons. The van der Waals surface area contributed by atoms with Gasteiger partial charge in [-0.2, -0.15) is 0 Å². The molecule has 26 heavy (non-hydrogen) atoms. The second-order valence-electron chi connectivity index (χ2n) is 6.85. The number of benzene rings is 3. The second kappa shape index (κ2) is 7.10. The van der Waals surface area contributed by atoms with Crippen molar-refractivity contribution in [3.63, 3.8) is 0 Å². The molecule has 0 radical (unpaired) electrons. The molecule has 3 aromatic carbocycles. The number of ether oxygens (including phenoxy) is 3. The number of methoxy groups -OCH3 is 1. The third-order valence-corrected chi connectivity index (χ3v) is 5.40. The first kappa shape index (κ1) is 17.1. The predicted molar refractivity (Wildman–Crippen MR) is 103 cm³/mol. The lowest BCUT2D eigenvalue weighted by Crippen LogP contribution is -2.35. The smallest absolute Gasteiger partial charge is 0.121 e. The predicted octanol–water partition coefficient (Wildman–Crippen LogP) is 5.07. The first-order chi connectivity index (χ1) is 12.7. The lowest BCUT2D eigenvalue weighted by atomic mass is 9.87. The summed E-state index contributed by atoms with van der Waals surface area (Å²) in [6.07, 6.45) is 0.891. The van der Waals surface area contributed by atoms with E-state index in [9.17, 15) is 0 Å². The molecular formula is C23H24O3. The molecule has 3 aromatic rings. The van der Waals surface area contributed by atoms with Crippen LogP contribution in [0.4, 0.5) is 0 Å². The first-order valence-corrected chi connectivity index (χ1v) is 9.09. The molecule has 2 unspecified atom stereocenters. The van der Waals surface area contributed by atoms with Crippen molar-refractivity contribution >= 4 is 10.8 Å². The van der Waals surface area contributed by atoms with E-state index in [1.54, 1.807) is 7.11 Å². The highest BCUT2D eigenvalue weighted by atomic mass is 16.6. The molecule has 2 atom stereocenters. The zero-order valence-corrected chi connectivity index (χ0v) is 15.3. The van der Waals surface area contributed by atoms with Crippen LogP contribution >= 0.6 is 0 Å². The highest BCUT2D eigenvalue weighted by Crippen LogP contribution is 2.40. The zero-order chi connectivity index (χ0) is 18.0. The van der Waals surface area contributed by atoms with E-state index in [1.165, 1.54) is 10.8 Å². The molecule has 4 rings (SSSR count). The Hall–Kier alpha value is -2.36. The Morgan fingerprint density at radius 1 is 1.00 bits per heavy atom. The number of hydrogen-bond acceptors (Lipinski definition) is 3. The molecule has 0 aliphatic carbocycles. The van der Waals surface area contributed by atoms with Crippen LogP contribution in [0.15, 0.2) is 66.7 Å². The molecule has 1 saturated heterocycles. The Kier molecular flexibility index (Phi) is 4.66. The zero-order valence-electron chi connectivity index (χ0n) is 15.3. The van der Waals surface area contributed by atoms with Gasteiger partial charge in [0.05, 0.1) is 12.7 Å². The lowest BCUT2D eigenvalue weighted by Gasteiger charge is -2.31. The van der Waals surface area contributed by atoms with E-state index in [2.05, 4.69) is 61.5 Å². The van der Waals surface area contributed by atoms with Crippen LogP contribution in [0.2, 0.25) is 0 Å². The van der Waals surface area contributed by atoms with E-state index < -0.39 is 0 Å². The minimum Gasteiger partial charge on any atom is -0.489 e. The van der Waals surface area contributed by atoms with Gasteiger partial charge >= 0.3 is 0 Å². The van der Waals surface area contributed by atoms with Crippen LogP contribution in [0, 0.1) is 0 Å². The largest absolute Gasteiger partial charge is 0.489 e. The van der Waals surface area contributed by atoms with Crippen LogP contribution in [-0.2, 0) is 21.7 Å². The van der Waals surface area contributed by atoms with Crippen molar-refractivity contribution in [2.24, 2.45) is 0 Å². The Morgan fingerprint density at radius 3 is 2.62 bits per heavy atom. The minimum atomic E-state index is -0.387. The van der Waals surface area contributed by atoms with Crippen molar-refractivity contribution in [3.05, 3.63) is 77.9 Å². The summed E-state index contributed by atoms with van der Waals surface area (Å²) in [5.74, 6) is 0.853. The maximum atomic E-state index is 6.07. The number of fused-ring (bicyclic) bond motifs is 1. The van der Waals surface area contributed by atoms with Gasteiger partial charge in [0.1, 0.15) is 18.0 Å². The molecule has 0 N–H and O–H groups in total. The number of rotatable bonds is 5. The van der Waals surface area contributed by atoms with Gasteiger partial charge in [0.25, 0.3) is 0 Å². The van der Waals surface area contributed by atoms with Crippen LogP contribution < -0.4 is 4.74 Å². The van der Waals surface area contributed by atoms with Gasteiger partial charge in [0.15, 0.2) is 0 Å². The van der Waals surface area contributed by atoms with E-state index in [0.29, 0.717) is 6.61 Å². The van der Waals surface area contributed by atoms with E-state index in [-0.39, 0.29) is 11.7 Å². The molecule has 3 heteroatoms. The second-order valence-corrected chi connectivity index (χ2v) is 6.85. The molecule has 0 aromatic heterocycles. The van der Waals surface area contributed by atoms with Gasteiger partial charge in [0, 0.05) is 13.5 Å². The molecule has 1 heterocycles. The maximum absolute atomic E-state index is 6.07. The summed E-state index contributed by atoms with van der Waals surface area (Å²) in [7, 11) is 1.76. The summed E-state index contributed by atoms with van der Waals surface area (Å²) >= 11 is 0. The molecule has 3 nitrogen and oxygen atoms in total. The molecule has 0 spiro atoms. The molecule has 1 fully saturated rings. The molecular weight excluding hydrogens is 324 g/mol. The van der Waals surface area contributed by atoms with E-state index in [4.69, 9.17) is 14.2 Å². The summed E-state index contributed by atoms with van der Waals surface area (Å²) in [4.78, 5) is 0. The summed E-state index contributed by atoms with van der Waals surface area (Å²) < 4.78 is 17.7. The molecule has 0 amide bonds. The Morgan fingerprint density at radius 2 is 1.85 bits per heavy atom. The first-order valence-electron chi connectivity index (χ1n) is 9.09. The van der Waals surface area contributed by atoms with Crippen LogP contribution in [0.3, 0.4) is 0 Å². The molecule has 1 aliphatic rings. The highest BCUT2D eigenvalue weighted by Gasteiger charge is 2.43. The van der Waals surface area contributed by atoms with E-state index in [1.807, 2.05) is 12.1 Å². The SMILES string of the molecule is COC1(c2cccc(OCc3ccc4ccccc4c3)c2)CCOC1C. The standard InChI is InChI=1S/C23H24O3/c1-17-23(24-2,12-13-25-17)21-8-5-9-22(15-21)26-16-18-10-11-19-6-3-4-7-20(19)14-18/h3-11,14-15,17H,12-13,16H2,1-2H3. The average molecular weight is 348 g/mol. The van der Waals surface area contributed by atoms with Crippen LogP contribution in [0.1, 0.15) is 24.5 Å². The normalized spacial score (nSPS) is 22.6. The fourth-order valence-electron chi connectivity index (χ4n) is 3.83. The van der Waals surface area contributed by atoms with Gasteiger partial charge in [-0.15, -0.1) is 0 Å². The van der Waals surface area contributed by atoms with Crippen molar-refractivity contribution in [1.29, 1.82) is 0 Å². The molecule has 1 aliphatic heterocycles. The van der Waals surface area contributed by atoms with Gasteiger partial charge in [-0.05, 0) is 47.0 Å². The highest BCUT2D eigenvalue weighted by molar-refractivity contribution is 5.82. The monoisotopic (exact) mass is 348 g/mol. The van der Waals surface area contributed by atoms with Crippen molar-refractivity contribution in [2.75, 3.05) is 13.7 Å². The third kappa shape index (κ3) is 3.09. The average Bonchev–Trinajstić information content (AvgIpc) is 3.08. The fraction of sp³-hybridized carbons (Fsp3) is 0.304. The topological polar surface area (TPSA) is 27.7 Å². The lowest BCUT2D eigenvalue weighted by molar-refractivity contribution is -0.0648. The van der Waals surface area contributed by atoms with Gasteiger partial charge in [-0.1, -0.05) is 48.5 Å². The van der Waals surface area contributed by atoms with Gasteiger partial charge in [-0.25, -0.2) is 0 Å². The van der Waals surface area contributed by atoms with Crippen molar-refractivity contribution < 1.29 is 14.2 Å². The van der Waals surface area contributed by atoms with Crippen molar-refractivity contribution in [3.8, 4) is 5.75 Å². The van der Waals surface area contributed by atoms with Gasteiger partial charge in [-0.3, -0.25) is 0 Å². The Bertz CT molecular complexity index is 905. The maximum Gasteiger partial charge on any atom is 0.121 e. The van der Waals surface area contributed by atoms with Crippen LogP contribution in [0.5, 0.6) is 5.75 Å². The summed E-state index contributed by atoms with van der Waals surface area (Å²) in [5.41, 5.74) is 1.89. The van der Waals surface area contributed by atoms with Gasteiger partial charge < -0.3 is 14.2 Å². The van der Waals surface area contributed by atoms with Crippen LogP contribution in [0.25, 0.3) is 10.8 Å².